The van der Waals surface area contributed by atoms with Gasteiger partial charge >= 0.3 is 41.5 Å². The van der Waals surface area contributed by atoms with Crippen molar-refractivity contribution in [3.63, 3.8) is 0 Å². The summed E-state index contributed by atoms with van der Waals surface area (Å²) in [5, 5.41) is 17.1. The maximum absolute atomic E-state index is 10.5. The van der Waals surface area contributed by atoms with E-state index in [2.05, 4.69) is 0 Å². The van der Waals surface area contributed by atoms with Gasteiger partial charge in [-0.15, -0.1) is 0 Å². The minimum atomic E-state index is -1.23. The zero-order valence-electron chi connectivity index (χ0n) is 8.52. The van der Waals surface area contributed by atoms with E-state index in [-0.39, 0.29) is 47.6 Å². The van der Waals surface area contributed by atoms with Gasteiger partial charge in [-0.3, -0.25) is 0 Å². The van der Waals surface area contributed by atoms with E-state index in [9.17, 15) is 9.59 Å². The molecule has 0 radical (unpaired) electrons. The average Bonchev–Trinajstić information content (AvgIpc) is 2.04. The Kier molecular flexibility index (Phi) is 7.30. The molecule has 0 heterocycles. The molecule has 0 unspecified atom stereocenters. The first-order valence-electron chi connectivity index (χ1n) is 3.18. The summed E-state index contributed by atoms with van der Waals surface area (Å²) < 4.78 is 0. The Morgan fingerprint density at radius 3 is 1.50 bits per heavy atom. The Morgan fingerprint density at radius 1 is 1.00 bits per heavy atom. The Morgan fingerprint density at radius 2 is 1.29 bits per heavy atom. The molecule has 0 aromatic heterocycles. The molecule has 4 N–H and O–H groups in total. The molecule has 5 nitrogen and oxygen atoms in total. The number of hydrogen-bond donors (Lipinski definition) is 2. The Hall–Kier alpha value is -0.880. The summed E-state index contributed by atoms with van der Waals surface area (Å²) in [7, 11) is 0. The Balaban J connectivity index is -0.000000480. The van der Waals surface area contributed by atoms with Crippen LogP contribution in [0, 0.1) is 0 Å². The van der Waals surface area contributed by atoms with E-state index in [1.165, 1.54) is 24.3 Å². The molecule has 0 spiro atoms. The van der Waals surface area contributed by atoms with Crippen LogP contribution in [-0.2, 0) is 0 Å². The van der Waals surface area contributed by atoms with Gasteiger partial charge < -0.3 is 17.1 Å². The predicted molar refractivity (Wildman–Crippen MR) is 45.1 cm³/mol. The molecule has 0 saturated carbocycles. The first-order chi connectivity index (χ1) is 5.63. The molecule has 72 valence electrons. The zero-order chi connectivity index (χ0) is 9.14. The Labute approximate surface area is 103 Å². The molecule has 1 aromatic rings. The van der Waals surface area contributed by atoms with E-state index in [1.54, 1.807) is 0 Å². The van der Waals surface area contributed by atoms with Gasteiger partial charge in [-0.05, 0) is 12.1 Å². The number of carbonyl (C=O) groups is 2. The van der Waals surface area contributed by atoms with Crippen LogP contribution in [0.15, 0.2) is 24.3 Å². The molecule has 0 aliphatic rings. The zero-order valence-corrected chi connectivity index (χ0v) is 9.52. The third-order valence-corrected chi connectivity index (χ3v) is 1.39. The van der Waals surface area contributed by atoms with Crippen LogP contribution in [0.4, 0.5) is 0 Å². The van der Waals surface area contributed by atoms with E-state index < -0.39 is 11.9 Å². The third kappa shape index (κ3) is 3.47. The molecule has 6 heteroatoms. The third-order valence-electron chi connectivity index (χ3n) is 1.39. The minimum absolute atomic E-state index is 0. The van der Waals surface area contributed by atoms with Crippen LogP contribution < -0.4 is 29.6 Å². The quantitative estimate of drug-likeness (QED) is 0.518. The summed E-state index contributed by atoms with van der Waals surface area (Å²) in [6.45, 7) is 0. The van der Waals surface area contributed by atoms with E-state index in [1.807, 2.05) is 0 Å². The first-order valence-corrected chi connectivity index (χ1v) is 3.18. The van der Waals surface area contributed by atoms with Gasteiger partial charge in [0.25, 0.3) is 0 Å². The van der Waals surface area contributed by atoms with E-state index >= 15 is 0 Å². The fourth-order valence-electron chi connectivity index (χ4n) is 0.856. The maximum atomic E-state index is 10.5. The number of carboxylic acids is 2. The van der Waals surface area contributed by atoms with Crippen LogP contribution in [0.2, 0.25) is 0 Å². The van der Waals surface area contributed by atoms with E-state index in [4.69, 9.17) is 10.2 Å². The van der Waals surface area contributed by atoms with Gasteiger partial charge in [-0.25, -0.2) is 9.59 Å². The van der Waals surface area contributed by atoms with Crippen molar-refractivity contribution >= 4 is 11.9 Å². The predicted octanol–water partition coefficient (Wildman–Crippen LogP) is -2.63. The summed E-state index contributed by atoms with van der Waals surface area (Å²) in [6.07, 6.45) is 0. The molecule has 0 aliphatic heterocycles. The van der Waals surface area contributed by atoms with Crippen molar-refractivity contribution in [2.75, 3.05) is 0 Å². The van der Waals surface area contributed by atoms with Crippen LogP contribution in [0.1, 0.15) is 22.1 Å². The van der Waals surface area contributed by atoms with Crippen molar-refractivity contribution in [3.8, 4) is 0 Å². The smallest absolute Gasteiger partial charge is 1.00 e. The number of rotatable bonds is 2. The minimum Gasteiger partial charge on any atom is -1.00 e. The van der Waals surface area contributed by atoms with Gasteiger partial charge in [0.05, 0.1) is 11.1 Å². The number of hydrogen-bond acceptors (Lipinski definition) is 2. The summed E-state index contributed by atoms with van der Waals surface area (Å²) in [5.41, 5.74) is -0.380. The molecule has 14 heavy (non-hydrogen) atoms. The molecule has 1 rings (SSSR count). The molecule has 0 aliphatic carbocycles. The van der Waals surface area contributed by atoms with Gasteiger partial charge in [0.2, 0.25) is 0 Å². The second-order valence-electron chi connectivity index (χ2n) is 2.16. The topological polar surface area (TPSA) is 106 Å². The fourth-order valence-corrected chi connectivity index (χ4v) is 0.856. The second kappa shape index (κ2) is 6.56. The SMILES string of the molecule is O.O=C(O)c1ccccc1C(=O)O.[H-].[Na+]. The molecule has 0 amide bonds. The van der Waals surface area contributed by atoms with Crippen LogP contribution in [0.3, 0.4) is 0 Å². The van der Waals surface area contributed by atoms with Crippen LogP contribution in [0.5, 0.6) is 0 Å². The molecule has 0 fully saturated rings. The summed E-state index contributed by atoms with van der Waals surface area (Å²) in [5.74, 6) is -2.46. The molecule has 0 saturated heterocycles. The Bertz CT molecular complexity index is 309. The van der Waals surface area contributed by atoms with Crippen molar-refractivity contribution in [3.05, 3.63) is 35.4 Å². The van der Waals surface area contributed by atoms with E-state index in [0.29, 0.717) is 0 Å². The molecular weight excluding hydrogens is 199 g/mol. The van der Waals surface area contributed by atoms with Gasteiger partial charge in [-0.1, -0.05) is 12.1 Å². The van der Waals surface area contributed by atoms with Crippen molar-refractivity contribution in [2.24, 2.45) is 0 Å². The van der Waals surface area contributed by atoms with Crippen LogP contribution in [-0.4, -0.2) is 27.6 Å². The number of carboxylic acid groups (broad SMARTS) is 2. The van der Waals surface area contributed by atoms with Crippen molar-refractivity contribution in [1.82, 2.24) is 0 Å². The molecule has 0 atom stereocenters. The van der Waals surface area contributed by atoms with Gasteiger partial charge in [0.15, 0.2) is 0 Å². The largest absolute Gasteiger partial charge is 1.00 e. The van der Waals surface area contributed by atoms with Gasteiger partial charge in [0, 0.05) is 0 Å². The van der Waals surface area contributed by atoms with Crippen LogP contribution in [0.25, 0.3) is 0 Å². The second-order valence-corrected chi connectivity index (χ2v) is 2.16. The standard InChI is InChI=1S/C8H6O4.Na.H2O.H/c9-7(10)5-3-1-2-4-6(5)8(11)12;;;/h1-4H,(H,9,10)(H,11,12);;1H2;/q;+1;;-1. The summed E-state index contributed by atoms with van der Waals surface area (Å²) >= 11 is 0. The average molecular weight is 208 g/mol. The van der Waals surface area contributed by atoms with E-state index in [0.717, 1.165) is 0 Å². The normalized spacial score (nSPS) is 8.00. The molecule has 0 bridgehead atoms. The van der Waals surface area contributed by atoms with Crippen molar-refractivity contribution in [2.45, 2.75) is 0 Å². The van der Waals surface area contributed by atoms with Crippen molar-refractivity contribution in [1.29, 1.82) is 0 Å². The van der Waals surface area contributed by atoms with Crippen molar-refractivity contribution < 1.29 is 56.3 Å². The van der Waals surface area contributed by atoms with Gasteiger partial charge in [-0.2, -0.15) is 0 Å². The number of benzene rings is 1. The number of aromatic carboxylic acids is 2. The summed E-state index contributed by atoms with van der Waals surface area (Å²) in [6, 6.07) is 5.48. The van der Waals surface area contributed by atoms with Gasteiger partial charge in [0.1, 0.15) is 0 Å². The first kappa shape index (κ1) is 15.6. The monoisotopic (exact) mass is 208 g/mol. The molecular formula is C8H9NaO5. The fraction of sp³-hybridized carbons (Fsp3) is 0. The maximum Gasteiger partial charge on any atom is 1.00 e. The van der Waals surface area contributed by atoms with Crippen LogP contribution >= 0.6 is 0 Å². The summed E-state index contributed by atoms with van der Waals surface area (Å²) in [4.78, 5) is 20.9. The molecule has 1 aromatic carbocycles.